The van der Waals surface area contributed by atoms with Crippen molar-refractivity contribution in [1.82, 2.24) is 19.9 Å². The van der Waals surface area contributed by atoms with Gasteiger partial charge in [-0.3, -0.25) is 0 Å². The summed E-state index contributed by atoms with van der Waals surface area (Å²) in [5, 5.41) is 3.91. The molecule has 19 heavy (non-hydrogen) atoms. The minimum absolute atomic E-state index is 0.751. The molecule has 0 aromatic carbocycles. The molecule has 6 heteroatoms. The Labute approximate surface area is 113 Å². The first-order chi connectivity index (χ1) is 9.13. The molecular formula is C13H19N5O. The minimum atomic E-state index is 0.751. The Morgan fingerprint density at radius 1 is 1.32 bits per heavy atom. The zero-order valence-electron chi connectivity index (χ0n) is 11.6. The smallest absolute Gasteiger partial charge is 0.152 e. The summed E-state index contributed by atoms with van der Waals surface area (Å²) in [5.41, 5.74) is 2.14. The molecule has 1 aromatic rings. The van der Waals surface area contributed by atoms with Crippen LogP contribution in [0, 0.1) is 6.92 Å². The van der Waals surface area contributed by atoms with Gasteiger partial charge in [-0.15, -0.1) is 0 Å². The normalized spacial score (nSPS) is 18.6. The standard InChI is InChI=1S/C13H19N5O/c1-10-6-11(19-15-10)4-5-18-7-12-13(17(3)9-18)14-8-16(12)2/h6-7H,4-5,8-9H2,1-3H3. The fraction of sp³-hybridized carbons (Fsp3) is 0.538. The van der Waals surface area contributed by atoms with Crippen molar-refractivity contribution in [2.24, 2.45) is 4.99 Å². The number of amidine groups is 1. The van der Waals surface area contributed by atoms with Gasteiger partial charge in [0.25, 0.3) is 0 Å². The van der Waals surface area contributed by atoms with E-state index in [0.29, 0.717) is 0 Å². The van der Waals surface area contributed by atoms with Crippen LogP contribution in [0.25, 0.3) is 0 Å². The van der Waals surface area contributed by atoms with Gasteiger partial charge in [0.15, 0.2) is 5.84 Å². The summed E-state index contributed by atoms with van der Waals surface area (Å²) in [6, 6.07) is 2.00. The van der Waals surface area contributed by atoms with Crippen LogP contribution in [0.5, 0.6) is 0 Å². The molecule has 0 amide bonds. The molecule has 1 aromatic heterocycles. The Balaban J connectivity index is 1.67. The molecule has 0 fully saturated rings. The van der Waals surface area contributed by atoms with Crippen molar-refractivity contribution < 1.29 is 4.52 Å². The zero-order chi connectivity index (χ0) is 13.4. The van der Waals surface area contributed by atoms with E-state index < -0.39 is 0 Å². The summed E-state index contributed by atoms with van der Waals surface area (Å²) in [4.78, 5) is 11.2. The summed E-state index contributed by atoms with van der Waals surface area (Å²) in [7, 11) is 4.15. The van der Waals surface area contributed by atoms with Crippen LogP contribution < -0.4 is 0 Å². The van der Waals surface area contributed by atoms with Gasteiger partial charge in [-0.1, -0.05) is 5.16 Å². The Bertz CT molecular complexity index is 533. The molecule has 2 aliphatic heterocycles. The Morgan fingerprint density at radius 3 is 2.89 bits per heavy atom. The fourth-order valence-corrected chi connectivity index (χ4v) is 2.45. The Hall–Kier alpha value is -1.98. The van der Waals surface area contributed by atoms with E-state index in [9.17, 15) is 0 Å². The lowest BCUT2D eigenvalue weighted by Gasteiger charge is -2.34. The highest BCUT2D eigenvalue weighted by Crippen LogP contribution is 2.20. The van der Waals surface area contributed by atoms with Crippen LogP contribution in [0.1, 0.15) is 11.5 Å². The monoisotopic (exact) mass is 261 g/mol. The van der Waals surface area contributed by atoms with Crippen molar-refractivity contribution in [3.63, 3.8) is 0 Å². The van der Waals surface area contributed by atoms with Crippen molar-refractivity contribution >= 4 is 5.84 Å². The van der Waals surface area contributed by atoms with Gasteiger partial charge in [0, 0.05) is 39.3 Å². The summed E-state index contributed by atoms with van der Waals surface area (Å²) >= 11 is 0. The van der Waals surface area contributed by atoms with E-state index in [4.69, 9.17) is 4.52 Å². The van der Waals surface area contributed by atoms with Gasteiger partial charge < -0.3 is 19.2 Å². The number of aliphatic imine (C=N–C) groups is 1. The third-order valence-electron chi connectivity index (χ3n) is 3.46. The minimum Gasteiger partial charge on any atom is -0.361 e. The molecule has 3 rings (SSSR count). The molecule has 0 unspecified atom stereocenters. The second kappa shape index (κ2) is 4.60. The molecule has 0 spiro atoms. The van der Waals surface area contributed by atoms with Crippen molar-refractivity contribution in [3.05, 3.63) is 29.4 Å². The molecule has 0 saturated heterocycles. The van der Waals surface area contributed by atoms with Crippen LogP contribution in [0.4, 0.5) is 0 Å². The molecule has 0 atom stereocenters. The molecule has 2 aliphatic rings. The highest BCUT2D eigenvalue weighted by Gasteiger charge is 2.27. The fourth-order valence-electron chi connectivity index (χ4n) is 2.45. The van der Waals surface area contributed by atoms with Crippen LogP contribution in [0.2, 0.25) is 0 Å². The topological polar surface area (TPSA) is 48.1 Å². The van der Waals surface area contributed by atoms with E-state index in [1.54, 1.807) is 0 Å². The number of likely N-dealkylation sites (N-methyl/N-ethyl adjacent to an activating group) is 2. The maximum atomic E-state index is 5.24. The van der Waals surface area contributed by atoms with Gasteiger partial charge in [-0.25, -0.2) is 4.99 Å². The summed E-state index contributed by atoms with van der Waals surface area (Å²) in [6.07, 6.45) is 3.06. The lowest BCUT2D eigenvalue weighted by atomic mass is 10.2. The number of aromatic nitrogens is 1. The predicted octanol–water partition coefficient (Wildman–Crippen LogP) is 0.873. The Kier molecular flexibility index (Phi) is 2.93. The average Bonchev–Trinajstić information content (AvgIpc) is 2.95. The molecular weight excluding hydrogens is 242 g/mol. The van der Waals surface area contributed by atoms with E-state index in [2.05, 4.69) is 45.1 Å². The Morgan fingerprint density at radius 2 is 2.16 bits per heavy atom. The zero-order valence-corrected chi connectivity index (χ0v) is 11.6. The predicted molar refractivity (Wildman–Crippen MR) is 72.4 cm³/mol. The average molecular weight is 261 g/mol. The molecule has 3 heterocycles. The van der Waals surface area contributed by atoms with Crippen molar-refractivity contribution in [3.8, 4) is 0 Å². The number of nitrogens with zero attached hydrogens (tertiary/aromatic N) is 5. The van der Waals surface area contributed by atoms with E-state index in [0.717, 1.165) is 43.6 Å². The number of rotatable bonds is 3. The van der Waals surface area contributed by atoms with E-state index in [1.807, 2.05) is 13.0 Å². The highest BCUT2D eigenvalue weighted by molar-refractivity contribution is 5.99. The third kappa shape index (κ3) is 2.30. The number of hydrogen-bond acceptors (Lipinski definition) is 6. The molecule has 0 radical (unpaired) electrons. The first kappa shape index (κ1) is 12.1. The summed E-state index contributed by atoms with van der Waals surface area (Å²) in [6.45, 7) is 4.48. The SMILES string of the molecule is Cc1cc(CCN2C=C3C(=NCN3C)N(C)C2)on1. The van der Waals surface area contributed by atoms with Gasteiger partial charge in [0.05, 0.1) is 18.1 Å². The van der Waals surface area contributed by atoms with Crippen LogP contribution in [-0.2, 0) is 6.42 Å². The maximum Gasteiger partial charge on any atom is 0.152 e. The van der Waals surface area contributed by atoms with Crippen LogP contribution in [0.15, 0.2) is 27.5 Å². The summed E-state index contributed by atoms with van der Waals surface area (Å²) in [5.74, 6) is 2.03. The highest BCUT2D eigenvalue weighted by atomic mass is 16.5. The number of fused-ring (bicyclic) bond motifs is 1. The van der Waals surface area contributed by atoms with Gasteiger partial charge in [0.2, 0.25) is 0 Å². The largest absolute Gasteiger partial charge is 0.361 e. The lowest BCUT2D eigenvalue weighted by Crippen LogP contribution is -2.43. The maximum absolute atomic E-state index is 5.24. The molecule has 0 N–H and O–H groups in total. The van der Waals surface area contributed by atoms with Gasteiger partial charge >= 0.3 is 0 Å². The van der Waals surface area contributed by atoms with Crippen LogP contribution in [0.3, 0.4) is 0 Å². The van der Waals surface area contributed by atoms with Gasteiger partial charge in [0.1, 0.15) is 12.4 Å². The van der Waals surface area contributed by atoms with E-state index in [-0.39, 0.29) is 0 Å². The molecule has 0 aliphatic carbocycles. The molecule has 6 nitrogen and oxygen atoms in total. The van der Waals surface area contributed by atoms with Gasteiger partial charge in [-0.05, 0) is 6.92 Å². The van der Waals surface area contributed by atoms with E-state index in [1.165, 1.54) is 5.70 Å². The van der Waals surface area contributed by atoms with E-state index >= 15 is 0 Å². The second-order valence-electron chi connectivity index (χ2n) is 5.17. The molecule has 0 bridgehead atoms. The van der Waals surface area contributed by atoms with Crippen molar-refractivity contribution in [2.75, 3.05) is 34.0 Å². The second-order valence-corrected chi connectivity index (χ2v) is 5.17. The molecule has 102 valence electrons. The quantitative estimate of drug-likeness (QED) is 0.808. The van der Waals surface area contributed by atoms with Crippen molar-refractivity contribution in [1.29, 1.82) is 0 Å². The van der Waals surface area contributed by atoms with Crippen LogP contribution >= 0.6 is 0 Å². The number of aryl methyl sites for hydroxylation is 1. The third-order valence-corrected chi connectivity index (χ3v) is 3.46. The molecule has 0 saturated carbocycles. The first-order valence-electron chi connectivity index (χ1n) is 6.48. The van der Waals surface area contributed by atoms with Crippen molar-refractivity contribution in [2.45, 2.75) is 13.3 Å². The lowest BCUT2D eigenvalue weighted by molar-refractivity contribution is 0.249. The summed E-state index contributed by atoms with van der Waals surface area (Å²) < 4.78 is 5.24. The van der Waals surface area contributed by atoms with Gasteiger partial charge in [-0.2, -0.15) is 0 Å². The number of hydrogen-bond donors (Lipinski definition) is 0. The van der Waals surface area contributed by atoms with Crippen LogP contribution in [-0.4, -0.2) is 59.7 Å². The first-order valence-corrected chi connectivity index (χ1v) is 6.48.